The summed E-state index contributed by atoms with van der Waals surface area (Å²) < 4.78 is 13.6. The van der Waals surface area contributed by atoms with Crippen molar-refractivity contribution in [2.24, 2.45) is 0 Å². The maximum atomic E-state index is 8.28. The molecule has 66 valence electrons. The molecule has 0 aliphatic heterocycles. The SMILES string of the molecule is CCCCOCCCC.[O]=[AlH]. The van der Waals surface area contributed by atoms with Crippen molar-refractivity contribution in [3.05, 3.63) is 0 Å². The van der Waals surface area contributed by atoms with Crippen LogP contribution >= 0.6 is 0 Å². The second-order valence-electron chi connectivity index (χ2n) is 2.32. The molecule has 11 heavy (non-hydrogen) atoms. The molecule has 0 rings (SSSR count). The molecule has 0 fully saturated rings. The Kier molecular flexibility index (Phi) is 21.0. The molecule has 0 bridgehead atoms. The second-order valence-corrected chi connectivity index (χ2v) is 2.32. The van der Waals surface area contributed by atoms with Gasteiger partial charge in [-0.3, -0.25) is 0 Å². The van der Waals surface area contributed by atoms with E-state index in [1.807, 2.05) is 0 Å². The predicted molar refractivity (Wildman–Crippen MR) is 48.5 cm³/mol. The van der Waals surface area contributed by atoms with Gasteiger partial charge in [-0.15, -0.1) is 0 Å². The summed E-state index contributed by atoms with van der Waals surface area (Å²) >= 11 is 0.611. The topological polar surface area (TPSA) is 26.3 Å². The van der Waals surface area contributed by atoms with Crippen molar-refractivity contribution in [3.8, 4) is 0 Å². The Balaban J connectivity index is 0. The van der Waals surface area contributed by atoms with Crippen LogP contribution in [0.3, 0.4) is 0 Å². The zero-order chi connectivity index (χ0) is 8.95. The van der Waals surface area contributed by atoms with E-state index >= 15 is 0 Å². The molecule has 0 N–H and O–H groups in total. The molecule has 0 saturated carbocycles. The van der Waals surface area contributed by atoms with Crippen LogP contribution in [0.2, 0.25) is 0 Å². The quantitative estimate of drug-likeness (QED) is 0.453. The number of rotatable bonds is 6. The molecule has 3 heteroatoms. The maximum absolute atomic E-state index is 8.28. The van der Waals surface area contributed by atoms with Crippen LogP contribution in [0.5, 0.6) is 0 Å². The van der Waals surface area contributed by atoms with Gasteiger partial charge < -0.3 is 4.74 Å². The number of ether oxygens (including phenoxy) is 1. The molecule has 2 nitrogen and oxygen atoms in total. The first-order valence-corrected chi connectivity index (χ1v) is 4.86. The Morgan fingerprint density at radius 3 is 1.64 bits per heavy atom. The molecular weight excluding hydrogens is 155 g/mol. The minimum atomic E-state index is 0.611. The molecule has 0 atom stereocenters. The molecule has 0 aromatic heterocycles. The fourth-order valence-corrected chi connectivity index (χ4v) is 0.595. The predicted octanol–water partition coefficient (Wildman–Crippen LogP) is 1.84. The Hall–Kier alpha value is 0.292. The van der Waals surface area contributed by atoms with Gasteiger partial charge in [-0.2, -0.15) is 0 Å². The summed E-state index contributed by atoms with van der Waals surface area (Å²) in [5.41, 5.74) is 0. The molecule has 0 saturated heterocycles. The van der Waals surface area contributed by atoms with E-state index in [4.69, 9.17) is 8.54 Å². The standard InChI is InChI=1S/C8H18O.Al.O.H/c1-3-5-7-9-8-6-4-2;;;/h3-8H2,1-2H3;;;. The van der Waals surface area contributed by atoms with Gasteiger partial charge in [0.05, 0.1) is 0 Å². The van der Waals surface area contributed by atoms with Crippen molar-refractivity contribution in [1.82, 2.24) is 0 Å². The van der Waals surface area contributed by atoms with Crippen LogP contribution in [0.25, 0.3) is 0 Å². The molecule has 0 amide bonds. The van der Waals surface area contributed by atoms with Crippen molar-refractivity contribution in [2.45, 2.75) is 39.5 Å². The summed E-state index contributed by atoms with van der Waals surface area (Å²) in [6.45, 7) is 6.28. The molecule has 0 aliphatic rings. The van der Waals surface area contributed by atoms with Crippen molar-refractivity contribution < 1.29 is 8.54 Å². The third-order valence-corrected chi connectivity index (χ3v) is 1.28. The zero-order valence-corrected chi connectivity index (χ0v) is 9.18. The molecular formula is C8H19AlO2. The fraction of sp³-hybridized carbons (Fsp3) is 1.00. The van der Waals surface area contributed by atoms with E-state index in [1.54, 1.807) is 0 Å². The van der Waals surface area contributed by atoms with E-state index in [9.17, 15) is 0 Å². The van der Waals surface area contributed by atoms with Gasteiger partial charge in [-0.05, 0) is 12.8 Å². The summed E-state index contributed by atoms with van der Waals surface area (Å²) in [7, 11) is 0. The van der Waals surface area contributed by atoms with Crippen molar-refractivity contribution >= 4 is 16.2 Å². The summed E-state index contributed by atoms with van der Waals surface area (Å²) in [6.07, 6.45) is 4.91. The van der Waals surface area contributed by atoms with Crippen molar-refractivity contribution in [2.75, 3.05) is 13.2 Å². The van der Waals surface area contributed by atoms with Gasteiger partial charge in [-0.1, -0.05) is 26.7 Å². The van der Waals surface area contributed by atoms with Gasteiger partial charge in [0, 0.05) is 13.2 Å². The van der Waals surface area contributed by atoms with Crippen LogP contribution in [0.15, 0.2) is 0 Å². The number of hydrogen-bond acceptors (Lipinski definition) is 2. The molecule has 0 unspecified atom stereocenters. The normalized spacial score (nSPS) is 8.45. The molecule has 0 radical (unpaired) electrons. The van der Waals surface area contributed by atoms with Crippen LogP contribution in [-0.4, -0.2) is 29.4 Å². The van der Waals surface area contributed by atoms with Crippen molar-refractivity contribution in [3.63, 3.8) is 0 Å². The van der Waals surface area contributed by atoms with Crippen LogP contribution in [0.4, 0.5) is 0 Å². The van der Waals surface area contributed by atoms with Crippen LogP contribution < -0.4 is 0 Å². The zero-order valence-electron chi connectivity index (χ0n) is 7.77. The van der Waals surface area contributed by atoms with Crippen molar-refractivity contribution in [1.29, 1.82) is 0 Å². The minimum absolute atomic E-state index is 0.611. The van der Waals surface area contributed by atoms with E-state index in [1.165, 1.54) is 25.7 Å². The van der Waals surface area contributed by atoms with Gasteiger partial charge >= 0.3 is 20.0 Å². The average Bonchev–Trinajstić information content (AvgIpc) is 2.08. The van der Waals surface area contributed by atoms with Gasteiger partial charge in [0.15, 0.2) is 0 Å². The van der Waals surface area contributed by atoms with Gasteiger partial charge in [0.25, 0.3) is 0 Å². The van der Waals surface area contributed by atoms with Crippen LogP contribution in [-0.2, 0) is 8.54 Å². The number of hydrogen-bond donors (Lipinski definition) is 0. The van der Waals surface area contributed by atoms with Gasteiger partial charge in [-0.25, -0.2) is 0 Å². The molecule has 0 heterocycles. The number of unbranched alkanes of at least 4 members (excludes halogenated alkanes) is 2. The van der Waals surface area contributed by atoms with Gasteiger partial charge in [0.2, 0.25) is 0 Å². The summed E-state index contributed by atoms with van der Waals surface area (Å²) in [4.78, 5) is 0. The Morgan fingerprint density at radius 2 is 1.36 bits per heavy atom. The molecule has 0 aromatic carbocycles. The van der Waals surface area contributed by atoms with Crippen LogP contribution in [0, 0.1) is 0 Å². The second kappa shape index (κ2) is 16.7. The Morgan fingerprint density at radius 1 is 1.00 bits per heavy atom. The third-order valence-electron chi connectivity index (χ3n) is 1.28. The fourth-order valence-electron chi connectivity index (χ4n) is 0.595. The average molecular weight is 174 g/mol. The first-order chi connectivity index (χ1) is 5.41. The summed E-state index contributed by atoms with van der Waals surface area (Å²) in [5.74, 6) is 0. The first kappa shape index (κ1) is 13.9. The molecule has 0 spiro atoms. The molecule has 0 aliphatic carbocycles. The third kappa shape index (κ3) is 17.9. The Bertz CT molecular complexity index is 54.1. The van der Waals surface area contributed by atoms with E-state index < -0.39 is 0 Å². The molecule has 0 aromatic rings. The van der Waals surface area contributed by atoms with Crippen LogP contribution in [0.1, 0.15) is 39.5 Å². The Labute approximate surface area is 78.0 Å². The monoisotopic (exact) mass is 174 g/mol. The van der Waals surface area contributed by atoms with E-state index in [2.05, 4.69) is 13.8 Å². The van der Waals surface area contributed by atoms with E-state index in [-0.39, 0.29) is 0 Å². The van der Waals surface area contributed by atoms with E-state index in [0.29, 0.717) is 16.2 Å². The first-order valence-electron chi connectivity index (χ1n) is 4.28. The summed E-state index contributed by atoms with van der Waals surface area (Å²) in [6, 6.07) is 0. The van der Waals surface area contributed by atoms with Gasteiger partial charge in [0.1, 0.15) is 0 Å². The van der Waals surface area contributed by atoms with E-state index in [0.717, 1.165) is 13.2 Å². The summed E-state index contributed by atoms with van der Waals surface area (Å²) in [5, 5.41) is 0.